The number of benzene rings is 1. The smallest absolute Gasteiger partial charge is 0.307 e. The van der Waals surface area contributed by atoms with Crippen LogP contribution in [-0.4, -0.2) is 27.8 Å². The van der Waals surface area contributed by atoms with E-state index in [0.29, 0.717) is 11.1 Å². The van der Waals surface area contributed by atoms with E-state index in [4.69, 9.17) is 21.1 Å². The van der Waals surface area contributed by atoms with Gasteiger partial charge in [-0.15, -0.1) is 11.6 Å². The van der Waals surface area contributed by atoms with Crippen molar-refractivity contribution < 1.29 is 23.5 Å². The third-order valence-electron chi connectivity index (χ3n) is 6.31. The molecule has 2 aliphatic carbocycles. The van der Waals surface area contributed by atoms with E-state index in [-0.39, 0.29) is 28.9 Å². The van der Waals surface area contributed by atoms with E-state index in [0.717, 1.165) is 12.8 Å². The van der Waals surface area contributed by atoms with Gasteiger partial charge in [0.25, 0.3) is 0 Å². The molecule has 0 bridgehead atoms. The van der Waals surface area contributed by atoms with Crippen molar-refractivity contribution in [2.24, 2.45) is 5.92 Å². The Morgan fingerprint density at radius 2 is 1.81 bits per heavy atom. The Morgan fingerprint density at radius 1 is 1.16 bits per heavy atom. The van der Waals surface area contributed by atoms with Crippen LogP contribution in [0.25, 0.3) is 0 Å². The maximum Gasteiger partial charge on any atom is 0.307 e. The Labute approximate surface area is 193 Å². The van der Waals surface area contributed by atoms with E-state index in [9.17, 15) is 14.0 Å². The second kappa shape index (κ2) is 7.67. The average Bonchev–Trinajstić information content (AvgIpc) is 3.53. The molecule has 1 aliphatic heterocycles. The van der Waals surface area contributed by atoms with Crippen LogP contribution in [0, 0.1) is 11.7 Å². The van der Waals surface area contributed by atoms with Gasteiger partial charge in [-0.25, -0.2) is 4.39 Å². The Morgan fingerprint density at radius 3 is 2.41 bits per heavy atom. The molecule has 0 amide bonds. The second-order valence-corrected chi connectivity index (χ2v) is 10.4. The summed E-state index contributed by atoms with van der Waals surface area (Å²) in [5.41, 5.74) is -0.894. The number of allylic oxidation sites excluding steroid dienone is 4. The molecule has 0 saturated heterocycles. The van der Waals surface area contributed by atoms with Crippen molar-refractivity contribution in [1.82, 2.24) is 0 Å². The van der Waals surface area contributed by atoms with E-state index in [1.165, 1.54) is 13.0 Å². The summed E-state index contributed by atoms with van der Waals surface area (Å²) in [7, 11) is 0. The molecular formula is C26H28ClFO4. The number of carbonyl (C=O) groups is 2. The van der Waals surface area contributed by atoms with Gasteiger partial charge < -0.3 is 9.47 Å². The molecule has 4 rings (SSSR count). The number of ketones is 1. The van der Waals surface area contributed by atoms with E-state index in [2.05, 4.69) is 0 Å². The monoisotopic (exact) mass is 458 g/mol. The standard InChI is InChI=1S/C26H28ClFO4/c1-15(29)31-23-21(22(30)24(2,3)32-25(23,4)5)19-14-16(18-8-6-7-9-20(18)28)12-13-26(19,27)17-10-11-17/h6-9,12-14,16-17H,10-11H2,1-5H3. The van der Waals surface area contributed by atoms with E-state index in [1.807, 2.05) is 18.2 Å². The molecule has 1 fully saturated rings. The van der Waals surface area contributed by atoms with Crippen LogP contribution < -0.4 is 0 Å². The molecule has 32 heavy (non-hydrogen) atoms. The molecule has 1 aromatic rings. The van der Waals surface area contributed by atoms with Crippen molar-refractivity contribution in [3.05, 3.63) is 70.8 Å². The number of Topliss-reactive ketones (excluding diaryl/α,β-unsaturated/α-hetero) is 1. The number of esters is 1. The Bertz CT molecular complexity index is 1080. The van der Waals surface area contributed by atoms with Gasteiger partial charge in [0.1, 0.15) is 17.0 Å². The fourth-order valence-corrected chi connectivity index (χ4v) is 5.22. The molecule has 1 heterocycles. The lowest BCUT2D eigenvalue weighted by atomic mass is 9.73. The van der Waals surface area contributed by atoms with Gasteiger partial charge in [-0.05, 0) is 63.7 Å². The van der Waals surface area contributed by atoms with Crippen LogP contribution in [0.3, 0.4) is 0 Å². The summed E-state index contributed by atoms with van der Waals surface area (Å²) < 4.78 is 26.3. The fourth-order valence-electron chi connectivity index (χ4n) is 4.77. The zero-order valence-corrected chi connectivity index (χ0v) is 19.8. The first-order chi connectivity index (χ1) is 14.9. The molecule has 0 radical (unpaired) electrons. The quantitative estimate of drug-likeness (QED) is 0.326. The molecule has 0 spiro atoms. The minimum absolute atomic E-state index is 0.140. The molecule has 1 aromatic carbocycles. The van der Waals surface area contributed by atoms with Gasteiger partial charge in [-0.1, -0.05) is 36.4 Å². The van der Waals surface area contributed by atoms with Gasteiger partial charge >= 0.3 is 5.97 Å². The fraction of sp³-hybridized carbons (Fsp3) is 0.462. The first-order valence-corrected chi connectivity index (χ1v) is 11.3. The lowest BCUT2D eigenvalue weighted by Crippen LogP contribution is -2.52. The van der Waals surface area contributed by atoms with Crippen molar-refractivity contribution >= 4 is 23.4 Å². The largest absolute Gasteiger partial charge is 0.427 e. The minimum Gasteiger partial charge on any atom is -0.427 e. The molecule has 2 unspecified atom stereocenters. The van der Waals surface area contributed by atoms with E-state index >= 15 is 0 Å². The summed E-state index contributed by atoms with van der Waals surface area (Å²) in [6.07, 6.45) is 7.45. The van der Waals surface area contributed by atoms with Crippen LogP contribution in [0.2, 0.25) is 0 Å². The number of halogens is 2. The lowest BCUT2D eigenvalue weighted by molar-refractivity contribution is -0.168. The van der Waals surface area contributed by atoms with Crippen molar-refractivity contribution in [2.45, 2.75) is 69.5 Å². The second-order valence-electron chi connectivity index (χ2n) is 9.78. The van der Waals surface area contributed by atoms with Crippen molar-refractivity contribution in [3.8, 4) is 0 Å². The highest BCUT2D eigenvalue weighted by Gasteiger charge is 2.55. The number of rotatable bonds is 4. The number of alkyl halides is 1. The summed E-state index contributed by atoms with van der Waals surface area (Å²) in [5.74, 6) is -1.32. The molecule has 0 aromatic heterocycles. The van der Waals surface area contributed by atoms with Crippen LogP contribution in [-0.2, 0) is 19.1 Å². The zero-order chi connectivity index (χ0) is 23.5. The molecule has 6 heteroatoms. The van der Waals surface area contributed by atoms with Crippen LogP contribution in [0.1, 0.15) is 58.9 Å². The highest BCUT2D eigenvalue weighted by atomic mass is 35.5. The number of hydrogen-bond donors (Lipinski definition) is 0. The van der Waals surface area contributed by atoms with Gasteiger partial charge in [0.05, 0.1) is 10.4 Å². The third kappa shape index (κ3) is 3.86. The molecule has 4 nitrogen and oxygen atoms in total. The molecule has 0 N–H and O–H groups in total. The third-order valence-corrected chi connectivity index (χ3v) is 6.95. The van der Waals surface area contributed by atoms with E-state index in [1.54, 1.807) is 45.9 Å². The summed E-state index contributed by atoms with van der Waals surface area (Å²) in [6.45, 7) is 8.21. The van der Waals surface area contributed by atoms with Crippen LogP contribution >= 0.6 is 11.6 Å². The minimum atomic E-state index is -1.15. The van der Waals surface area contributed by atoms with Crippen molar-refractivity contribution in [1.29, 1.82) is 0 Å². The SMILES string of the molecule is CC(=O)OC1=C(C2=CC(c3ccccc3F)C=CC2(Cl)C2CC2)C(=O)C(C)(C)OC1(C)C. The Hall–Kier alpha value is -2.24. The predicted octanol–water partition coefficient (Wildman–Crippen LogP) is 5.77. The maximum atomic E-state index is 14.6. The van der Waals surface area contributed by atoms with Crippen LogP contribution in [0.15, 0.2) is 59.4 Å². The van der Waals surface area contributed by atoms with Gasteiger partial charge in [0.15, 0.2) is 11.5 Å². The Balaban J connectivity index is 1.97. The Kier molecular flexibility index (Phi) is 5.50. The summed E-state index contributed by atoms with van der Waals surface area (Å²) in [6, 6.07) is 6.55. The van der Waals surface area contributed by atoms with Crippen LogP contribution in [0.5, 0.6) is 0 Å². The number of ether oxygens (including phenoxy) is 2. The normalized spacial score (nSPS) is 29.0. The summed E-state index contributed by atoms with van der Waals surface area (Å²) in [4.78, 5) is 24.7. The van der Waals surface area contributed by atoms with E-state index < -0.39 is 28.0 Å². The highest BCUT2D eigenvalue weighted by Crippen LogP contribution is 2.55. The average molecular weight is 459 g/mol. The molecule has 3 aliphatic rings. The zero-order valence-electron chi connectivity index (χ0n) is 19.0. The van der Waals surface area contributed by atoms with Crippen LogP contribution in [0.4, 0.5) is 4.39 Å². The first-order valence-electron chi connectivity index (χ1n) is 10.9. The number of hydrogen-bond acceptors (Lipinski definition) is 4. The van der Waals surface area contributed by atoms with Gasteiger partial charge in [-0.2, -0.15) is 0 Å². The topological polar surface area (TPSA) is 52.6 Å². The first kappa shape index (κ1) is 22.9. The maximum absolute atomic E-state index is 14.6. The van der Waals surface area contributed by atoms with Gasteiger partial charge in [0.2, 0.25) is 0 Å². The summed E-state index contributed by atoms with van der Waals surface area (Å²) in [5, 5.41) is 0. The molecule has 1 saturated carbocycles. The number of carbonyl (C=O) groups excluding carboxylic acids is 2. The van der Waals surface area contributed by atoms with Gasteiger partial charge in [-0.3, -0.25) is 9.59 Å². The molecular weight excluding hydrogens is 431 g/mol. The van der Waals surface area contributed by atoms with Gasteiger partial charge in [0, 0.05) is 12.8 Å². The summed E-state index contributed by atoms with van der Waals surface area (Å²) >= 11 is 7.20. The molecule has 2 atom stereocenters. The van der Waals surface area contributed by atoms with Crippen molar-refractivity contribution in [2.75, 3.05) is 0 Å². The predicted molar refractivity (Wildman–Crippen MR) is 121 cm³/mol. The highest BCUT2D eigenvalue weighted by molar-refractivity contribution is 6.29. The van der Waals surface area contributed by atoms with Crippen molar-refractivity contribution in [3.63, 3.8) is 0 Å². The molecule has 170 valence electrons. The lowest BCUT2D eigenvalue weighted by Gasteiger charge is -2.44.